The van der Waals surface area contributed by atoms with E-state index >= 15 is 0 Å². The van der Waals surface area contributed by atoms with Gasteiger partial charge < -0.3 is 10.2 Å². The van der Waals surface area contributed by atoms with E-state index in [-0.39, 0.29) is 6.42 Å². The van der Waals surface area contributed by atoms with Crippen LogP contribution in [0.4, 0.5) is 0 Å². The second-order valence-corrected chi connectivity index (χ2v) is 5.06. The maximum absolute atomic E-state index is 10.5. The lowest BCUT2D eigenvalue weighted by atomic mass is 9.93. The van der Waals surface area contributed by atoms with Crippen molar-refractivity contribution in [3.63, 3.8) is 0 Å². The summed E-state index contributed by atoms with van der Waals surface area (Å²) < 4.78 is 0. The molecule has 3 nitrogen and oxygen atoms in total. The van der Waals surface area contributed by atoms with E-state index in [1.54, 1.807) is 0 Å². The smallest absolute Gasteiger partial charge is 0.332 e. The third-order valence-corrected chi connectivity index (χ3v) is 3.61. The molecule has 0 fully saturated rings. The van der Waals surface area contributed by atoms with Crippen molar-refractivity contribution in [3.8, 4) is 0 Å². The van der Waals surface area contributed by atoms with Crippen LogP contribution < -0.4 is 0 Å². The van der Waals surface area contributed by atoms with Gasteiger partial charge in [0.15, 0.2) is 6.10 Å². The van der Waals surface area contributed by atoms with Crippen LogP contribution >= 0.6 is 0 Å². The largest absolute Gasteiger partial charge is 0.479 e. The van der Waals surface area contributed by atoms with Gasteiger partial charge in [0.25, 0.3) is 0 Å². The van der Waals surface area contributed by atoms with Crippen LogP contribution in [-0.2, 0) is 11.2 Å². The molecule has 0 bridgehead atoms. The molecule has 2 rings (SSSR count). The number of carbonyl (C=O) groups is 1. The second kappa shape index (κ2) is 6.53. The van der Waals surface area contributed by atoms with Crippen LogP contribution in [0.3, 0.4) is 0 Å². The molecular weight excluding hydrogens is 240 g/mol. The van der Waals surface area contributed by atoms with E-state index in [1.165, 1.54) is 30.4 Å². The first-order valence-electron chi connectivity index (χ1n) is 6.86. The van der Waals surface area contributed by atoms with E-state index in [0.717, 1.165) is 12.0 Å². The number of aliphatic hydroxyl groups is 1. The van der Waals surface area contributed by atoms with Gasteiger partial charge in [-0.2, -0.15) is 0 Å². The minimum atomic E-state index is -1.26. The van der Waals surface area contributed by atoms with Gasteiger partial charge >= 0.3 is 5.97 Å². The summed E-state index contributed by atoms with van der Waals surface area (Å²) in [6, 6.07) is 8.25. The van der Waals surface area contributed by atoms with Crippen molar-refractivity contribution in [1.29, 1.82) is 0 Å². The summed E-state index contributed by atoms with van der Waals surface area (Å²) in [5.74, 6) is -1.15. The Morgan fingerprint density at radius 2 is 1.95 bits per heavy atom. The quantitative estimate of drug-likeness (QED) is 0.855. The molecule has 0 aromatic heterocycles. The van der Waals surface area contributed by atoms with Gasteiger partial charge in [-0.15, -0.1) is 0 Å². The SMILES string of the molecule is O=C(O)C(O)CCc1ccc(C2=CCCCC2)cc1. The Labute approximate surface area is 113 Å². The number of hydrogen-bond acceptors (Lipinski definition) is 2. The normalized spacial score (nSPS) is 16.8. The van der Waals surface area contributed by atoms with Crippen LogP contribution in [0.5, 0.6) is 0 Å². The lowest BCUT2D eigenvalue weighted by Gasteiger charge is -2.13. The third-order valence-electron chi connectivity index (χ3n) is 3.61. The van der Waals surface area contributed by atoms with Crippen LogP contribution in [0.15, 0.2) is 30.3 Å². The number of aliphatic hydroxyl groups excluding tert-OH is 1. The van der Waals surface area contributed by atoms with E-state index in [9.17, 15) is 9.90 Å². The first-order valence-corrected chi connectivity index (χ1v) is 6.86. The maximum atomic E-state index is 10.5. The monoisotopic (exact) mass is 260 g/mol. The zero-order valence-corrected chi connectivity index (χ0v) is 11.0. The highest BCUT2D eigenvalue weighted by Gasteiger charge is 2.12. The minimum absolute atomic E-state index is 0.261. The number of carboxylic acid groups (broad SMARTS) is 1. The minimum Gasteiger partial charge on any atom is -0.479 e. The molecular formula is C16H20O3. The molecule has 1 unspecified atom stereocenters. The molecule has 1 atom stereocenters. The number of hydrogen-bond donors (Lipinski definition) is 2. The van der Waals surface area contributed by atoms with E-state index in [2.05, 4.69) is 18.2 Å². The predicted molar refractivity (Wildman–Crippen MR) is 74.9 cm³/mol. The van der Waals surface area contributed by atoms with Crippen molar-refractivity contribution in [2.75, 3.05) is 0 Å². The Morgan fingerprint density at radius 1 is 1.21 bits per heavy atom. The molecule has 0 aliphatic heterocycles. The summed E-state index contributed by atoms with van der Waals surface area (Å²) in [5.41, 5.74) is 3.76. The molecule has 0 radical (unpaired) electrons. The number of allylic oxidation sites excluding steroid dienone is 2. The van der Waals surface area contributed by atoms with Crippen LogP contribution in [0.1, 0.15) is 43.2 Å². The lowest BCUT2D eigenvalue weighted by molar-refractivity contribution is -0.146. The van der Waals surface area contributed by atoms with Gasteiger partial charge in [-0.05, 0) is 55.2 Å². The molecule has 1 aliphatic rings. The van der Waals surface area contributed by atoms with Crippen molar-refractivity contribution >= 4 is 11.5 Å². The van der Waals surface area contributed by atoms with Gasteiger partial charge in [-0.25, -0.2) is 4.79 Å². The van der Waals surface area contributed by atoms with Gasteiger partial charge in [-0.3, -0.25) is 0 Å². The highest BCUT2D eigenvalue weighted by Crippen LogP contribution is 2.26. The standard InChI is InChI=1S/C16H20O3/c17-15(16(18)19)11-8-12-6-9-14(10-7-12)13-4-2-1-3-5-13/h4,6-7,9-10,15,17H,1-3,5,8,11H2,(H,18,19). The Hall–Kier alpha value is -1.61. The predicted octanol–water partition coefficient (Wildman–Crippen LogP) is 3.02. The van der Waals surface area contributed by atoms with Crippen molar-refractivity contribution in [2.24, 2.45) is 0 Å². The highest BCUT2D eigenvalue weighted by atomic mass is 16.4. The molecule has 1 aromatic rings. The number of carboxylic acids is 1. The Bertz CT molecular complexity index is 459. The molecule has 0 heterocycles. The topological polar surface area (TPSA) is 57.5 Å². The average molecular weight is 260 g/mol. The molecule has 2 N–H and O–H groups in total. The number of rotatable bonds is 5. The van der Waals surface area contributed by atoms with Gasteiger partial charge in [0.1, 0.15) is 0 Å². The van der Waals surface area contributed by atoms with Crippen LogP contribution in [0.25, 0.3) is 5.57 Å². The zero-order valence-electron chi connectivity index (χ0n) is 11.0. The molecule has 1 aromatic carbocycles. The average Bonchev–Trinajstić information content (AvgIpc) is 2.46. The fraction of sp³-hybridized carbons (Fsp3) is 0.438. The summed E-state index contributed by atoms with van der Waals surface area (Å²) in [5, 5.41) is 17.9. The van der Waals surface area contributed by atoms with Crippen molar-refractivity contribution in [2.45, 2.75) is 44.6 Å². The van der Waals surface area contributed by atoms with Gasteiger partial charge in [0.05, 0.1) is 0 Å². The van der Waals surface area contributed by atoms with E-state index in [0.29, 0.717) is 6.42 Å². The molecule has 1 aliphatic carbocycles. The van der Waals surface area contributed by atoms with Crippen LogP contribution in [0.2, 0.25) is 0 Å². The summed E-state index contributed by atoms with van der Waals surface area (Å²) in [6.07, 6.45) is 6.77. The molecule has 102 valence electrons. The van der Waals surface area contributed by atoms with E-state index in [1.807, 2.05) is 12.1 Å². The molecule has 3 heteroatoms. The summed E-state index contributed by atoms with van der Waals surface area (Å²) >= 11 is 0. The molecule has 0 saturated heterocycles. The zero-order chi connectivity index (χ0) is 13.7. The van der Waals surface area contributed by atoms with Crippen LogP contribution in [-0.4, -0.2) is 22.3 Å². The summed E-state index contributed by atoms with van der Waals surface area (Å²) in [6.45, 7) is 0. The Kier molecular flexibility index (Phi) is 4.74. The van der Waals surface area contributed by atoms with Crippen molar-refractivity contribution in [3.05, 3.63) is 41.5 Å². The Balaban J connectivity index is 1.94. The molecule has 0 spiro atoms. The third kappa shape index (κ3) is 3.93. The molecule has 19 heavy (non-hydrogen) atoms. The first kappa shape index (κ1) is 13.8. The van der Waals surface area contributed by atoms with Crippen molar-refractivity contribution in [1.82, 2.24) is 0 Å². The Morgan fingerprint density at radius 3 is 2.53 bits per heavy atom. The van der Waals surface area contributed by atoms with Crippen LogP contribution in [0, 0.1) is 0 Å². The first-order chi connectivity index (χ1) is 9.16. The fourth-order valence-electron chi connectivity index (χ4n) is 2.41. The molecule has 0 amide bonds. The van der Waals surface area contributed by atoms with Gasteiger partial charge in [0, 0.05) is 0 Å². The van der Waals surface area contributed by atoms with Gasteiger partial charge in [0.2, 0.25) is 0 Å². The molecule has 0 saturated carbocycles. The second-order valence-electron chi connectivity index (χ2n) is 5.06. The fourth-order valence-corrected chi connectivity index (χ4v) is 2.41. The van der Waals surface area contributed by atoms with Crippen molar-refractivity contribution < 1.29 is 15.0 Å². The van der Waals surface area contributed by atoms with Gasteiger partial charge in [-0.1, -0.05) is 30.3 Å². The van der Waals surface area contributed by atoms with E-state index < -0.39 is 12.1 Å². The summed E-state index contributed by atoms with van der Waals surface area (Å²) in [4.78, 5) is 10.5. The number of aryl methyl sites for hydroxylation is 1. The number of aliphatic carboxylic acids is 1. The number of benzene rings is 1. The maximum Gasteiger partial charge on any atom is 0.332 e. The lowest BCUT2D eigenvalue weighted by Crippen LogP contribution is -2.19. The highest BCUT2D eigenvalue weighted by molar-refractivity contribution is 5.71. The summed E-state index contributed by atoms with van der Waals surface area (Å²) in [7, 11) is 0. The van der Waals surface area contributed by atoms with E-state index in [4.69, 9.17) is 5.11 Å².